The maximum Gasteiger partial charge on any atom is 0.326 e. The average molecular weight is 692 g/mol. The molecule has 0 bridgehead atoms. The molecule has 2 atom stereocenters. The first-order valence-electron chi connectivity index (χ1n) is 15.7. The number of likely N-dealkylation sites (N-methyl/N-ethyl adjacent to an activating group) is 1. The number of urea groups is 1. The number of carbonyl (C=O) groups is 2. The van der Waals surface area contributed by atoms with Gasteiger partial charge < -0.3 is 14.5 Å². The molecule has 0 aliphatic carbocycles. The number of hydrogen-bond donors (Lipinski definition) is 0. The lowest BCUT2D eigenvalue weighted by Crippen LogP contribution is -2.55. The molecule has 3 amide bonds. The van der Waals surface area contributed by atoms with E-state index in [2.05, 4.69) is 11.0 Å². The quantitative estimate of drug-likeness (QED) is 0.249. The summed E-state index contributed by atoms with van der Waals surface area (Å²) in [5.74, 6) is 1.05. The van der Waals surface area contributed by atoms with Crippen LogP contribution in [0.5, 0.6) is 5.75 Å². The van der Waals surface area contributed by atoms with Crippen molar-refractivity contribution in [2.45, 2.75) is 45.7 Å². The van der Waals surface area contributed by atoms with Gasteiger partial charge in [-0.1, -0.05) is 61.0 Å². The van der Waals surface area contributed by atoms with Gasteiger partial charge in [0.1, 0.15) is 17.6 Å². The molecule has 48 heavy (non-hydrogen) atoms. The molecule has 0 saturated carbocycles. The van der Waals surface area contributed by atoms with E-state index < -0.39 is 17.5 Å². The van der Waals surface area contributed by atoms with Crippen LogP contribution < -0.4 is 4.74 Å². The molecule has 5 rings (SSSR count). The van der Waals surface area contributed by atoms with Crippen LogP contribution in [0.15, 0.2) is 71.7 Å². The van der Waals surface area contributed by atoms with Crippen LogP contribution in [0.4, 0.5) is 4.79 Å². The van der Waals surface area contributed by atoms with Gasteiger partial charge in [0.05, 0.1) is 36.2 Å². The number of piperazine rings is 1. The topological polar surface area (TPSA) is 92.5 Å². The van der Waals surface area contributed by atoms with Crippen molar-refractivity contribution in [3.63, 3.8) is 0 Å². The number of nitriles is 1. The van der Waals surface area contributed by atoms with Gasteiger partial charge in [-0.2, -0.15) is 5.26 Å². The molecule has 2 heterocycles. The minimum absolute atomic E-state index is 0. The normalized spacial score (nSPS) is 18.1. The number of ether oxygens (including phenoxy) is 1. The second-order valence-electron chi connectivity index (χ2n) is 12.5. The molecule has 2 aliphatic heterocycles. The predicted octanol–water partition coefficient (Wildman–Crippen LogP) is 7.20. The first-order valence-corrected chi connectivity index (χ1v) is 16.5. The van der Waals surface area contributed by atoms with E-state index in [9.17, 15) is 14.9 Å². The zero-order valence-electron chi connectivity index (χ0n) is 27.4. The highest BCUT2D eigenvalue weighted by Gasteiger charge is 2.45. The summed E-state index contributed by atoms with van der Waals surface area (Å²) >= 11 is 12.6. The molecule has 254 valence electrons. The van der Waals surface area contributed by atoms with Crippen LogP contribution in [0.1, 0.15) is 62.5 Å². The Bertz CT molecular complexity index is 1680. The standard InChI is InChI=1S/C36H40Cl2N6O3.CH4/c1-6-47-30-16-11-26(36(2,3)23-39)21-29(30)34-40-32(24-7-12-27(37)13-8-24)33(25-9-14-28(38)15-10-25)44(34)35(46)43-19-17-42(18-20-43)22-31(45)41(4)5;/h7-16,21,32-33H,6,17-20,22H2,1-5H3;1H4/t32-,33+;/m0./s1. The van der Waals surface area contributed by atoms with Crippen LogP contribution in [0.25, 0.3) is 0 Å². The lowest BCUT2D eigenvalue weighted by Gasteiger charge is -2.39. The smallest absolute Gasteiger partial charge is 0.326 e. The van der Waals surface area contributed by atoms with Crippen molar-refractivity contribution in [3.05, 3.63) is 99.0 Å². The molecule has 11 heteroatoms. The van der Waals surface area contributed by atoms with E-state index in [4.69, 9.17) is 32.9 Å². The summed E-state index contributed by atoms with van der Waals surface area (Å²) in [7, 11) is 3.49. The van der Waals surface area contributed by atoms with Crippen LogP contribution in [0.2, 0.25) is 10.0 Å². The Labute approximate surface area is 294 Å². The Kier molecular flexibility index (Phi) is 11.8. The highest BCUT2D eigenvalue weighted by molar-refractivity contribution is 6.30. The molecule has 0 spiro atoms. The van der Waals surface area contributed by atoms with Gasteiger partial charge in [0.15, 0.2) is 0 Å². The summed E-state index contributed by atoms with van der Waals surface area (Å²) < 4.78 is 6.12. The highest BCUT2D eigenvalue weighted by atomic mass is 35.5. The van der Waals surface area contributed by atoms with E-state index in [1.54, 1.807) is 23.9 Å². The maximum atomic E-state index is 14.8. The van der Waals surface area contributed by atoms with Crippen molar-refractivity contribution in [3.8, 4) is 11.8 Å². The third-order valence-corrected chi connectivity index (χ3v) is 9.22. The van der Waals surface area contributed by atoms with E-state index in [0.717, 1.165) is 16.7 Å². The van der Waals surface area contributed by atoms with Crippen molar-refractivity contribution in [2.24, 2.45) is 4.99 Å². The predicted molar refractivity (Wildman–Crippen MR) is 192 cm³/mol. The lowest BCUT2D eigenvalue weighted by atomic mass is 9.85. The second kappa shape index (κ2) is 15.4. The molecule has 1 saturated heterocycles. The van der Waals surface area contributed by atoms with E-state index in [1.807, 2.05) is 92.4 Å². The lowest BCUT2D eigenvalue weighted by molar-refractivity contribution is -0.130. The largest absolute Gasteiger partial charge is 0.493 e. The van der Waals surface area contributed by atoms with Gasteiger partial charge in [-0.3, -0.25) is 19.6 Å². The number of nitrogens with zero attached hydrogens (tertiary/aromatic N) is 6. The van der Waals surface area contributed by atoms with Gasteiger partial charge in [-0.15, -0.1) is 0 Å². The Morgan fingerprint density at radius 3 is 2.08 bits per heavy atom. The van der Waals surface area contributed by atoms with Crippen LogP contribution in [-0.4, -0.2) is 90.8 Å². The van der Waals surface area contributed by atoms with Crippen LogP contribution in [-0.2, 0) is 10.2 Å². The first-order chi connectivity index (χ1) is 22.4. The van der Waals surface area contributed by atoms with Gasteiger partial charge in [0.25, 0.3) is 0 Å². The molecular weight excluding hydrogens is 647 g/mol. The van der Waals surface area contributed by atoms with Crippen molar-refractivity contribution >= 4 is 41.0 Å². The van der Waals surface area contributed by atoms with Crippen molar-refractivity contribution in [2.75, 3.05) is 53.4 Å². The summed E-state index contributed by atoms with van der Waals surface area (Å²) in [5.41, 5.74) is 2.38. The summed E-state index contributed by atoms with van der Waals surface area (Å²) in [5, 5.41) is 11.2. The number of amidine groups is 1. The van der Waals surface area contributed by atoms with Crippen molar-refractivity contribution in [1.82, 2.24) is 19.6 Å². The second-order valence-corrected chi connectivity index (χ2v) is 13.4. The third-order valence-electron chi connectivity index (χ3n) is 8.72. The molecule has 0 aromatic heterocycles. The van der Waals surface area contributed by atoms with Crippen molar-refractivity contribution in [1.29, 1.82) is 5.26 Å². The van der Waals surface area contributed by atoms with Gasteiger partial charge in [-0.05, 0) is 73.9 Å². The zero-order chi connectivity index (χ0) is 33.9. The fourth-order valence-electron chi connectivity index (χ4n) is 5.88. The van der Waals surface area contributed by atoms with Gasteiger partial charge in [-0.25, -0.2) is 4.79 Å². The molecule has 3 aromatic carbocycles. The summed E-state index contributed by atoms with van der Waals surface area (Å²) in [6, 6.07) is 21.9. The third kappa shape index (κ3) is 7.78. The number of aliphatic imine (C=N–C) groups is 1. The number of halogens is 2. The van der Waals surface area contributed by atoms with E-state index in [0.29, 0.717) is 66.5 Å². The number of rotatable bonds is 8. The summed E-state index contributed by atoms with van der Waals surface area (Å²) in [4.78, 5) is 39.8. The highest BCUT2D eigenvalue weighted by Crippen LogP contribution is 2.46. The number of carbonyl (C=O) groups excluding carboxylic acids is 2. The summed E-state index contributed by atoms with van der Waals surface area (Å²) in [6.45, 7) is 8.36. The molecule has 9 nitrogen and oxygen atoms in total. The first kappa shape index (κ1) is 36.7. The SMILES string of the molecule is C.CCOc1ccc(C(C)(C)C#N)cc1C1=N[C@@H](c2ccc(Cl)cc2)[C@@H](c2ccc(Cl)cc2)N1C(=O)N1CCN(CC(=O)N(C)C)CC1. The monoisotopic (exact) mass is 690 g/mol. The van der Waals surface area contributed by atoms with E-state index in [-0.39, 0.29) is 19.4 Å². The number of amides is 3. The Morgan fingerprint density at radius 2 is 1.54 bits per heavy atom. The molecule has 0 radical (unpaired) electrons. The van der Waals surface area contributed by atoms with Crippen LogP contribution in [0, 0.1) is 11.3 Å². The number of hydrogen-bond acceptors (Lipinski definition) is 6. The fraction of sp³-hybridized carbons (Fsp3) is 0.405. The Balaban J connectivity index is 0.00000520. The molecule has 2 aliphatic rings. The summed E-state index contributed by atoms with van der Waals surface area (Å²) in [6.07, 6.45) is 0. The minimum atomic E-state index is -0.793. The Hall–Kier alpha value is -4.10. The van der Waals surface area contributed by atoms with Gasteiger partial charge in [0.2, 0.25) is 5.91 Å². The Morgan fingerprint density at radius 1 is 0.958 bits per heavy atom. The van der Waals surface area contributed by atoms with Crippen LogP contribution >= 0.6 is 23.2 Å². The fourth-order valence-corrected chi connectivity index (χ4v) is 6.13. The van der Waals surface area contributed by atoms with Gasteiger partial charge >= 0.3 is 6.03 Å². The molecule has 1 fully saturated rings. The molecular formula is C37H44Cl2N6O3. The molecule has 3 aromatic rings. The van der Waals surface area contributed by atoms with Gasteiger partial charge in [0, 0.05) is 50.3 Å². The van der Waals surface area contributed by atoms with Crippen molar-refractivity contribution < 1.29 is 14.3 Å². The maximum absolute atomic E-state index is 14.8. The number of benzene rings is 3. The average Bonchev–Trinajstić information content (AvgIpc) is 3.46. The zero-order valence-corrected chi connectivity index (χ0v) is 28.9. The van der Waals surface area contributed by atoms with Crippen LogP contribution in [0.3, 0.4) is 0 Å². The van der Waals surface area contributed by atoms with E-state index in [1.165, 1.54) is 0 Å². The molecule has 0 unspecified atom stereocenters. The van der Waals surface area contributed by atoms with E-state index >= 15 is 0 Å². The minimum Gasteiger partial charge on any atom is -0.493 e. The molecule has 0 N–H and O–H groups in total.